The highest BCUT2D eigenvalue weighted by Crippen LogP contribution is 2.30. The van der Waals surface area contributed by atoms with Crippen LogP contribution in [0.4, 0.5) is 5.69 Å². The van der Waals surface area contributed by atoms with Gasteiger partial charge in [0.2, 0.25) is 0 Å². The summed E-state index contributed by atoms with van der Waals surface area (Å²) in [6.45, 7) is 1.46. The number of nitrogens with zero attached hydrogens (tertiary/aromatic N) is 1. The average Bonchev–Trinajstić information content (AvgIpc) is 2.92. The summed E-state index contributed by atoms with van der Waals surface area (Å²) in [5.74, 6) is -1.05. The van der Waals surface area contributed by atoms with Gasteiger partial charge >= 0.3 is 5.97 Å². The van der Waals surface area contributed by atoms with E-state index in [0.29, 0.717) is 10.8 Å². The lowest BCUT2D eigenvalue weighted by atomic mass is 10.1. The molecule has 1 heterocycles. The number of hydrogen-bond donors (Lipinski definition) is 2. The van der Waals surface area contributed by atoms with Gasteiger partial charge in [0.1, 0.15) is 0 Å². The molecule has 3 rings (SSSR count). The summed E-state index contributed by atoms with van der Waals surface area (Å²) in [5, 5.41) is 12.9. The number of carboxylic acids is 1. The number of halogens is 2. The van der Waals surface area contributed by atoms with Crippen LogP contribution in [-0.2, 0) is 13.1 Å². The average molecular weight is 412 g/mol. The van der Waals surface area contributed by atoms with Crippen molar-refractivity contribution in [3.63, 3.8) is 0 Å². The number of benzene rings is 2. The fourth-order valence-electron chi connectivity index (χ4n) is 2.49. The maximum absolute atomic E-state index is 11.0. The monoisotopic (exact) mass is 410 g/mol. The summed E-state index contributed by atoms with van der Waals surface area (Å²) in [6, 6.07) is 10.8. The van der Waals surface area contributed by atoms with E-state index in [0.717, 1.165) is 17.6 Å². The lowest BCUT2D eigenvalue weighted by Gasteiger charge is -2.20. The number of nitrogens with one attached hydrogen (secondary N) is 1. The molecule has 0 unspecified atom stereocenters. The number of anilines is 1. The number of carbonyl (C=O) groups is 1. The normalized spacial score (nSPS) is 12.9. The van der Waals surface area contributed by atoms with Gasteiger partial charge in [0, 0.05) is 23.2 Å². The van der Waals surface area contributed by atoms with Crippen molar-refractivity contribution < 1.29 is 9.90 Å². The topological polar surface area (TPSA) is 52.6 Å². The van der Waals surface area contributed by atoms with Crippen molar-refractivity contribution in [1.29, 1.82) is 0 Å². The molecule has 23 heavy (non-hydrogen) atoms. The molecule has 0 aliphatic carbocycles. The molecule has 0 radical (unpaired) electrons. The summed E-state index contributed by atoms with van der Waals surface area (Å²) in [6.07, 6.45) is 0. The van der Waals surface area contributed by atoms with Gasteiger partial charge in [-0.1, -0.05) is 39.7 Å². The molecule has 0 spiro atoms. The summed E-state index contributed by atoms with van der Waals surface area (Å²) >= 11 is 15.0. The Balaban J connectivity index is 1.73. The van der Waals surface area contributed by atoms with E-state index in [9.17, 15) is 4.79 Å². The number of hydrogen-bond acceptors (Lipinski definition) is 2. The van der Waals surface area contributed by atoms with Crippen LogP contribution in [0.3, 0.4) is 0 Å². The Labute approximate surface area is 152 Å². The van der Waals surface area contributed by atoms with E-state index in [4.69, 9.17) is 28.9 Å². The van der Waals surface area contributed by atoms with Gasteiger partial charge in [-0.3, -0.25) is 0 Å². The predicted molar refractivity (Wildman–Crippen MR) is 98.0 cm³/mol. The predicted octanol–water partition coefficient (Wildman–Crippen LogP) is 4.51. The molecule has 0 saturated carbocycles. The summed E-state index contributed by atoms with van der Waals surface area (Å²) in [4.78, 5) is 13.0. The minimum atomic E-state index is -1.05. The Morgan fingerprint density at radius 1 is 1.30 bits per heavy atom. The number of carboxylic acid groups (broad SMARTS) is 1. The highest BCUT2D eigenvalue weighted by molar-refractivity contribution is 9.10. The zero-order valence-electron chi connectivity index (χ0n) is 11.8. The smallest absolute Gasteiger partial charge is 0.337 e. The second kappa shape index (κ2) is 6.47. The third kappa shape index (κ3) is 3.34. The van der Waals surface area contributed by atoms with Gasteiger partial charge < -0.3 is 15.3 Å². The number of fused-ring (bicyclic) bond motifs is 1. The summed E-state index contributed by atoms with van der Waals surface area (Å²) < 4.78 is 1.08. The van der Waals surface area contributed by atoms with Crippen LogP contribution in [0.15, 0.2) is 40.9 Å². The first-order valence-electron chi connectivity index (χ1n) is 6.81. The van der Waals surface area contributed by atoms with Crippen LogP contribution in [0.2, 0.25) is 5.02 Å². The molecule has 118 valence electrons. The fourth-order valence-corrected chi connectivity index (χ4v) is 3.53. The van der Waals surface area contributed by atoms with Gasteiger partial charge in [-0.05, 0) is 47.6 Å². The van der Waals surface area contributed by atoms with Crippen LogP contribution >= 0.6 is 39.7 Å². The van der Waals surface area contributed by atoms with Crippen LogP contribution in [-0.4, -0.2) is 21.1 Å². The standard InChI is InChI=1S/C16H12BrClN2O2S/c17-13-3-1-2-9-7-20(8-12(9)13)16(23)19-10-4-5-11(15(21)22)14(18)6-10/h1-6H,7-8H2,(H,19,23)(H,21,22). The largest absolute Gasteiger partial charge is 0.478 e. The number of thiocarbonyl (C=S) groups is 1. The molecular formula is C16H12BrClN2O2S. The highest BCUT2D eigenvalue weighted by atomic mass is 79.9. The molecule has 0 bridgehead atoms. The Hall–Kier alpha value is -1.63. The van der Waals surface area contributed by atoms with Crippen molar-refractivity contribution in [2.24, 2.45) is 0 Å². The summed E-state index contributed by atoms with van der Waals surface area (Å²) in [7, 11) is 0. The second-order valence-electron chi connectivity index (χ2n) is 5.16. The molecule has 0 atom stereocenters. The van der Waals surface area contributed by atoms with Crippen molar-refractivity contribution in [2.45, 2.75) is 13.1 Å². The molecule has 4 nitrogen and oxygen atoms in total. The fraction of sp³-hybridized carbons (Fsp3) is 0.125. The molecule has 7 heteroatoms. The van der Waals surface area contributed by atoms with E-state index in [1.165, 1.54) is 17.2 Å². The lowest BCUT2D eigenvalue weighted by Crippen LogP contribution is -2.30. The van der Waals surface area contributed by atoms with Gasteiger partial charge in [0.15, 0.2) is 5.11 Å². The Morgan fingerprint density at radius 2 is 2.09 bits per heavy atom. The maximum Gasteiger partial charge on any atom is 0.337 e. The molecule has 2 N–H and O–H groups in total. The molecule has 0 fully saturated rings. The summed E-state index contributed by atoms with van der Waals surface area (Å²) in [5.41, 5.74) is 3.21. The molecule has 1 aliphatic rings. The Kier molecular flexibility index (Phi) is 4.57. The number of rotatable bonds is 2. The van der Waals surface area contributed by atoms with Crippen molar-refractivity contribution in [3.05, 3.63) is 62.6 Å². The molecule has 2 aromatic carbocycles. The van der Waals surface area contributed by atoms with E-state index in [2.05, 4.69) is 27.3 Å². The minimum Gasteiger partial charge on any atom is -0.478 e. The first kappa shape index (κ1) is 16.2. The SMILES string of the molecule is O=C(O)c1ccc(NC(=S)N2Cc3cccc(Br)c3C2)cc1Cl. The first-order valence-corrected chi connectivity index (χ1v) is 8.38. The third-order valence-corrected chi connectivity index (χ3v) is 5.08. The van der Waals surface area contributed by atoms with Crippen LogP contribution in [0.25, 0.3) is 0 Å². The van der Waals surface area contributed by atoms with Crippen molar-refractivity contribution in [2.75, 3.05) is 5.32 Å². The van der Waals surface area contributed by atoms with E-state index < -0.39 is 5.97 Å². The molecule has 0 amide bonds. The van der Waals surface area contributed by atoms with E-state index in [-0.39, 0.29) is 10.6 Å². The van der Waals surface area contributed by atoms with Gasteiger partial charge in [-0.15, -0.1) is 0 Å². The van der Waals surface area contributed by atoms with Crippen molar-refractivity contribution >= 4 is 56.5 Å². The second-order valence-corrected chi connectivity index (χ2v) is 6.81. The van der Waals surface area contributed by atoms with Crippen molar-refractivity contribution in [1.82, 2.24) is 4.90 Å². The molecule has 0 aromatic heterocycles. The van der Waals surface area contributed by atoms with Crippen LogP contribution in [0, 0.1) is 0 Å². The zero-order valence-corrected chi connectivity index (χ0v) is 15.0. The third-order valence-electron chi connectivity index (χ3n) is 3.66. The molecule has 0 saturated heterocycles. The zero-order chi connectivity index (χ0) is 16.6. The maximum atomic E-state index is 11.0. The van der Waals surface area contributed by atoms with Crippen molar-refractivity contribution in [3.8, 4) is 0 Å². The number of aromatic carboxylic acids is 1. The van der Waals surface area contributed by atoms with Gasteiger partial charge in [0.25, 0.3) is 0 Å². The molecule has 2 aromatic rings. The first-order chi connectivity index (χ1) is 11.0. The van der Waals surface area contributed by atoms with Crippen LogP contribution < -0.4 is 5.32 Å². The van der Waals surface area contributed by atoms with E-state index in [1.54, 1.807) is 12.1 Å². The quantitative estimate of drug-likeness (QED) is 0.712. The van der Waals surface area contributed by atoms with Crippen LogP contribution in [0.1, 0.15) is 21.5 Å². The Bertz CT molecular complexity index is 813. The van der Waals surface area contributed by atoms with E-state index in [1.807, 2.05) is 17.0 Å². The van der Waals surface area contributed by atoms with Gasteiger partial charge in [-0.25, -0.2) is 4.79 Å². The Morgan fingerprint density at radius 3 is 2.74 bits per heavy atom. The minimum absolute atomic E-state index is 0.0700. The molecule has 1 aliphatic heterocycles. The van der Waals surface area contributed by atoms with Crippen LogP contribution in [0.5, 0.6) is 0 Å². The highest BCUT2D eigenvalue weighted by Gasteiger charge is 2.23. The molecular weight excluding hydrogens is 400 g/mol. The van der Waals surface area contributed by atoms with E-state index >= 15 is 0 Å². The van der Waals surface area contributed by atoms with Gasteiger partial charge in [0.05, 0.1) is 10.6 Å². The van der Waals surface area contributed by atoms with Gasteiger partial charge in [-0.2, -0.15) is 0 Å². The lowest BCUT2D eigenvalue weighted by molar-refractivity contribution is 0.0697.